The van der Waals surface area contributed by atoms with Gasteiger partial charge in [0.1, 0.15) is 5.82 Å². The van der Waals surface area contributed by atoms with Crippen LogP contribution in [0.4, 0.5) is 11.8 Å². The first-order valence-electron chi connectivity index (χ1n) is 11.0. The lowest BCUT2D eigenvalue weighted by Gasteiger charge is -2.32. The first-order valence-corrected chi connectivity index (χ1v) is 11.0. The Balaban J connectivity index is 1.37. The number of nitrogens with zero attached hydrogens (tertiary/aromatic N) is 2. The van der Waals surface area contributed by atoms with Crippen LogP contribution in [-0.2, 0) is 4.74 Å². The van der Waals surface area contributed by atoms with Gasteiger partial charge in [-0.3, -0.25) is 4.79 Å². The first-order chi connectivity index (χ1) is 14.0. The molecule has 1 aromatic heterocycles. The lowest BCUT2D eigenvalue weighted by atomic mass is 9.85. The van der Waals surface area contributed by atoms with E-state index in [1.807, 2.05) is 0 Å². The molecule has 0 bridgehead atoms. The van der Waals surface area contributed by atoms with E-state index in [1.165, 1.54) is 19.0 Å². The quantitative estimate of drug-likeness (QED) is 0.551. The standard InChI is InChI=1S/C21H33N5O3/c1-12-2-3-14(10-18(12)27)24-20-17(19(22)28)11-23-21(26-20)25-13-4-6-15(7-5-13)29-16-8-9-16/h11-16,18,27H,2-10H2,1H3,(H2,22,28)(H2,23,24,25,26)/t12-,13?,14-,15?,18-/m1/s1. The predicted octanol–water partition coefficient (Wildman–Crippen LogP) is 2.44. The van der Waals surface area contributed by atoms with Gasteiger partial charge in [-0.25, -0.2) is 4.98 Å². The summed E-state index contributed by atoms with van der Waals surface area (Å²) in [5.74, 6) is 0.702. The van der Waals surface area contributed by atoms with Gasteiger partial charge in [-0.15, -0.1) is 0 Å². The number of aliphatic hydroxyl groups excluding tert-OH is 1. The fourth-order valence-electron chi connectivity index (χ4n) is 4.37. The van der Waals surface area contributed by atoms with Crippen molar-refractivity contribution in [3.8, 4) is 0 Å². The third kappa shape index (κ3) is 5.36. The summed E-state index contributed by atoms with van der Waals surface area (Å²) in [6.07, 6.45) is 11.1. The van der Waals surface area contributed by atoms with Crippen LogP contribution >= 0.6 is 0 Å². The number of anilines is 2. The highest BCUT2D eigenvalue weighted by Gasteiger charge is 2.30. The molecule has 1 aromatic rings. The maximum Gasteiger partial charge on any atom is 0.254 e. The molecule has 3 fully saturated rings. The number of hydrogen-bond acceptors (Lipinski definition) is 7. The van der Waals surface area contributed by atoms with Gasteiger partial charge in [0.25, 0.3) is 5.91 Å². The van der Waals surface area contributed by atoms with E-state index >= 15 is 0 Å². The molecule has 8 heteroatoms. The minimum atomic E-state index is -0.554. The van der Waals surface area contributed by atoms with Crippen molar-refractivity contribution in [2.24, 2.45) is 11.7 Å². The molecule has 0 aliphatic heterocycles. The van der Waals surface area contributed by atoms with E-state index in [-0.39, 0.29) is 17.7 Å². The maximum atomic E-state index is 11.8. The molecule has 1 heterocycles. The van der Waals surface area contributed by atoms with Crippen LogP contribution in [0, 0.1) is 5.92 Å². The highest BCUT2D eigenvalue weighted by molar-refractivity contribution is 5.97. The number of hydrogen-bond donors (Lipinski definition) is 4. The van der Waals surface area contributed by atoms with Crippen molar-refractivity contribution in [2.75, 3.05) is 10.6 Å². The molecule has 0 spiro atoms. The molecule has 3 aliphatic carbocycles. The second kappa shape index (κ2) is 8.83. The second-order valence-corrected chi connectivity index (χ2v) is 8.97. The Bertz CT molecular complexity index is 718. The molecule has 0 radical (unpaired) electrons. The first kappa shape index (κ1) is 20.3. The molecule has 0 saturated heterocycles. The van der Waals surface area contributed by atoms with Gasteiger partial charge in [0.15, 0.2) is 0 Å². The van der Waals surface area contributed by atoms with Crippen molar-refractivity contribution in [1.29, 1.82) is 0 Å². The summed E-state index contributed by atoms with van der Waals surface area (Å²) in [5.41, 5.74) is 5.80. The molecule has 3 aliphatic rings. The van der Waals surface area contributed by atoms with Crippen LogP contribution in [0.15, 0.2) is 6.20 Å². The Morgan fingerprint density at radius 2 is 1.72 bits per heavy atom. The van der Waals surface area contributed by atoms with Crippen molar-refractivity contribution in [3.63, 3.8) is 0 Å². The normalized spacial score (nSPS) is 32.6. The van der Waals surface area contributed by atoms with Crippen LogP contribution in [0.25, 0.3) is 0 Å². The number of carbonyl (C=O) groups is 1. The minimum absolute atomic E-state index is 0.0667. The van der Waals surface area contributed by atoms with Crippen molar-refractivity contribution >= 4 is 17.7 Å². The van der Waals surface area contributed by atoms with E-state index in [2.05, 4.69) is 27.5 Å². The van der Waals surface area contributed by atoms with Gasteiger partial charge in [-0.05, 0) is 63.7 Å². The monoisotopic (exact) mass is 403 g/mol. The highest BCUT2D eigenvalue weighted by atomic mass is 16.5. The zero-order chi connectivity index (χ0) is 20.4. The van der Waals surface area contributed by atoms with Gasteiger partial charge >= 0.3 is 0 Å². The average Bonchev–Trinajstić information content (AvgIpc) is 3.50. The molecule has 1 amide bonds. The Morgan fingerprint density at radius 1 is 1.07 bits per heavy atom. The predicted molar refractivity (Wildman–Crippen MR) is 111 cm³/mol. The van der Waals surface area contributed by atoms with Crippen LogP contribution in [-0.4, -0.2) is 51.4 Å². The lowest BCUT2D eigenvalue weighted by molar-refractivity contribution is 0.0146. The third-order valence-electron chi connectivity index (χ3n) is 6.47. The van der Waals surface area contributed by atoms with Crippen molar-refractivity contribution in [3.05, 3.63) is 11.8 Å². The van der Waals surface area contributed by atoms with Crippen LogP contribution in [0.5, 0.6) is 0 Å². The molecule has 3 saturated carbocycles. The minimum Gasteiger partial charge on any atom is -0.393 e. The Morgan fingerprint density at radius 3 is 2.34 bits per heavy atom. The van der Waals surface area contributed by atoms with E-state index in [0.29, 0.717) is 42.4 Å². The molecule has 3 atom stereocenters. The average molecular weight is 404 g/mol. The van der Waals surface area contributed by atoms with E-state index in [9.17, 15) is 9.90 Å². The summed E-state index contributed by atoms with van der Waals surface area (Å²) in [6, 6.07) is 0.371. The Labute approximate surface area is 172 Å². The molecule has 160 valence electrons. The number of aliphatic hydroxyl groups is 1. The summed E-state index contributed by atoms with van der Waals surface area (Å²) < 4.78 is 6.02. The van der Waals surface area contributed by atoms with Gasteiger partial charge in [0.05, 0.1) is 23.9 Å². The number of ether oxygens (including phenoxy) is 1. The Hall–Kier alpha value is -1.93. The van der Waals surface area contributed by atoms with Gasteiger partial charge in [-0.2, -0.15) is 4.98 Å². The fourth-order valence-corrected chi connectivity index (χ4v) is 4.37. The third-order valence-corrected chi connectivity index (χ3v) is 6.47. The van der Waals surface area contributed by atoms with E-state index in [4.69, 9.17) is 10.5 Å². The summed E-state index contributed by atoms with van der Waals surface area (Å²) >= 11 is 0. The summed E-state index contributed by atoms with van der Waals surface area (Å²) in [4.78, 5) is 20.7. The molecular weight excluding hydrogens is 370 g/mol. The summed E-state index contributed by atoms with van der Waals surface area (Å²) in [5, 5.41) is 16.9. The highest BCUT2D eigenvalue weighted by Crippen LogP contribution is 2.31. The number of amides is 1. The number of rotatable bonds is 7. The zero-order valence-corrected chi connectivity index (χ0v) is 17.1. The number of carbonyl (C=O) groups excluding carboxylic acids is 1. The van der Waals surface area contributed by atoms with Crippen LogP contribution < -0.4 is 16.4 Å². The van der Waals surface area contributed by atoms with Crippen LogP contribution in [0.3, 0.4) is 0 Å². The van der Waals surface area contributed by atoms with Gasteiger partial charge < -0.3 is 26.2 Å². The second-order valence-electron chi connectivity index (χ2n) is 8.97. The molecule has 8 nitrogen and oxygen atoms in total. The topological polar surface area (TPSA) is 122 Å². The number of primary amides is 1. The van der Waals surface area contributed by atoms with Gasteiger partial charge in [0.2, 0.25) is 5.95 Å². The fraction of sp³-hybridized carbons (Fsp3) is 0.762. The number of nitrogens with one attached hydrogen (secondary N) is 2. The van der Waals surface area contributed by atoms with Crippen LogP contribution in [0.1, 0.15) is 75.1 Å². The molecule has 0 unspecified atom stereocenters. The SMILES string of the molecule is C[C@@H]1CC[C@@H](Nc2nc(NC3CCC(OC4CC4)CC3)ncc2C(N)=O)C[C@H]1O. The van der Waals surface area contributed by atoms with Gasteiger partial charge in [-0.1, -0.05) is 6.92 Å². The molecule has 5 N–H and O–H groups in total. The smallest absolute Gasteiger partial charge is 0.254 e. The molecule has 4 rings (SSSR count). The van der Waals surface area contributed by atoms with E-state index in [0.717, 1.165) is 38.5 Å². The summed E-state index contributed by atoms with van der Waals surface area (Å²) in [6.45, 7) is 2.06. The van der Waals surface area contributed by atoms with Crippen LogP contribution in [0.2, 0.25) is 0 Å². The number of aromatic nitrogens is 2. The van der Waals surface area contributed by atoms with E-state index < -0.39 is 5.91 Å². The number of nitrogens with two attached hydrogens (primary N) is 1. The van der Waals surface area contributed by atoms with Crippen molar-refractivity contribution in [1.82, 2.24) is 9.97 Å². The van der Waals surface area contributed by atoms with Crippen molar-refractivity contribution in [2.45, 2.75) is 95.1 Å². The maximum absolute atomic E-state index is 11.8. The summed E-state index contributed by atoms with van der Waals surface area (Å²) in [7, 11) is 0. The van der Waals surface area contributed by atoms with E-state index in [1.54, 1.807) is 0 Å². The molecule has 29 heavy (non-hydrogen) atoms. The molecular formula is C21H33N5O3. The zero-order valence-electron chi connectivity index (χ0n) is 17.1. The van der Waals surface area contributed by atoms with Crippen molar-refractivity contribution < 1.29 is 14.6 Å². The van der Waals surface area contributed by atoms with Gasteiger partial charge in [0, 0.05) is 18.3 Å². The Kier molecular flexibility index (Phi) is 6.20. The largest absolute Gasteiger partial charge is 0.393 e. The lowest BCUT2D eigenvalue weighted by Crippen LogP contribution is -2.36. The molecule has 0 aromatic carbocycles.